The number of hydrogen-bond acceptors (Lipinski definition) is 7. The van der Waals surface area contributed by atoms with E-state index in [1.807, 2.05) is 6.92 Å². The van der Waals surface area contributed by atoms with Gasteiger partial charge in [-0.2, -0.15) is 0 Å². The second-order valence-electron chi connectivity index (χ2n) is 10.6. The highest BCUT2D eigenvalue weighted by Crippen LogP contribution is 2.70. The molecule has 2 aliphatic heterocycles. The fourth-order valence-corrected chi connectivity index (χ4v) is 8.27. The Labute approximate surface area is 167 Å². The highest BCUT2D eigenvalue weighted by molar-refractivity contribution is 6.00. The first-order chi connectivity index (χ1) is 13.7. The van der Waals surface area contributed by atoms with Gasteiger partial charge in [-0.15, -0.1) is 0 Å². The van der Waals surface area contributed by atoms with Crippen molar-refractivity contribution in [2.24, 2.45) is 52.3 Å². The maximum Gasteiger partial charge on any atom is 0.317 e. The summed E-state index contributed by atoms with van der Waals surface area (Å²) in [7, 11) is 0. The predicted molar refractivity (Wildman–Crippen MR) is 94.5 cm³/mol. The van der Waals surface area contributed by atoms with Crippen molar-refractivity contribution in [3.05, 3.63) is 0 Å². The van der Waals surface area contributed by atoms with E-state index in [0.29, 0.717) is 19.3 Å². The minimum atomic E-state index is -0.558. The Balaban J connectivity index is 1.26. The molecule has 1 unspecified atom stereocenters. The van der Waals surface area contributed by atoms with Crippen molar-refractivity contribution < 1.29 is 33.4 Å². The number of Topliss-reactive ketones (excluding diaryl/α,β-unsaturated/α-hetero) is 1. The molecule has 0 N–H and O–H groups in total. The SMILES string of the molecule is C[C@]1(C[C@H]2CC[C@@H]3C(=O)OC(=O)[C@H]23)CC[C@]2(CC3C[C@@H]2[C@@H]2C(=O)OC(=O)[C@H]32)C1=O. The Morgan fingerprint density at radius 1 is 0.862 bits per heavy atom. The average molecular weight is 400 g/mol. The molecule has 6 aliphatic rings. The third-order valence-electron chi connectivity index (χ3n) is 9.37. The monoisotopic (exact) mass is 400 g/mol. The molecule has 0 aromatic carbocycles. The first-order valence-electron chi connectivity index (χ1n) is 10.8. The minimum Gasteiger partial charge on any atom is -0.393 e. The van der Waals surface area contributed by atoms with Crippen LogP contribution in [0.3, 0.4) is 0 Å². The second kappa shape index (κ2) is 5.35. The zero-order chi connectivity index (χ0) is 20.3. The summed E-state index contributed by atoms with van der Waals surface area (Å²) in [5.41, 5.74) is -1.09. The van der Waals surface area contributed by atoms with Crippen molar-refractivity contribution >= 4 is 29.7 Å². The molecular formula is C22H24O7. The molecule has 4 aliphatic carbocycles. The number of rotatable bonds is 2. The standard InChI is InChI=1S/C22H24O7/c1-21(7-9-2-3-11-13(9)17(24)28-16(11)23)4-5-22(20(21)27)8-10-6-12(22)15-14(10)18(25)29-19(15)26/h9-15H,2-8H2,1H3/t9-,10?,11+,12-,13-,14-,15+,21-,22-/m1/s1. The van der Waals surface area contributed by atoms with Crippen LogP contribution in [-0.2, 0) is 33.4 Å². The Morgan fingerprint density at radius 3 is 2.34 bits per heavy atom. The zero-order valence-electron chi connectivity index (χ0n) is 16.3. The van der Waals surface area contributed by atoms with Crippen LogP contribution in [0.15, 0.2) is 0 Å². The fraction of sp³-hybridized carbons (Fsp3) is 0.773. The normalized spacial score (nSPS) is 52.4. The first-order valence-corrected chi connectivity index (χ1v) is 10.8. The van der Waals surface area contributed by atoms with E-state index in [0.717, 1.165) is 25.7 Å². The van der Waals surface area contributed by atoms with Gasteiger partial charge in [0, 0.05) is 10.8 Å². The molecule has 154 valence electrons. The van der Waals surface area contributed by atoms with Crippen molar-refractivity contribution in [1.29, 1.82) is 0 Å². The van der Waals surface area contributed by atoms with E-state index in [2.05, 4.69) is 0 Å². The molecule has 7 heteroatoms. The van der Waals surface area contributed by atoms with Crippen molar-refractivity contribution in [3.8, 4) is 0 Å². The summed E-state index contributed by atoms with van der Waals surface area (Å²) < 4.78 is 9.74. The highest BCUT2D eigenvalue weighted by Gasteiger charge is 2.73. The average Bonchev–Trinajstić information content (AvgIpc) is 3.46. The number of ether oxygens (including phenoxy) is 2. The van der Waals surface area contributed by atoms with E-state index in [4.69, 9.17) is 9.47 Å². The van der Waals surface area contributed by atoms with Crippen LogP contribution in [0.4, 0.5) is 0 Å². The molecule has 7 nitrogen and oxygen atoms in total. The highest BCUT2D eigenvalue weighted by atomic mass is 16.6. The molecule has 0 amide bonds. The zero-order valence-corrected chi connectivity index (χ0v) is 16.3. The van der Waals surface area contributed by atoms with E-state index in [-0.39, 0.29) is 35.4 Å². The van der Waals surface area contributed by atoms with Crippen LogP contribution in [0.2, 0.25) is 0 Å². The molecule has 29 heavy (non-hydrogen) atoms. The lowest BCUT2D eigenvalue weighted by Gasteiger charge is -2.38. The van der Waals surface area contributed by atoms with Gasteiger partial charge in [-0.1, -0.05) is 6.92 Å². The van der Waals surface area contributed by atoms with E-state index in [1.54, 1.807) is 0 Å². The van der Waals surface area contributed by atoms with Crippen LogP contribution in [0.5, 0.6) is 0 Å². The number of esters is 4. The van der Waals surface area contributed by atoms with E-state index < -0.39 is 46.5 Å². The molecule has 2 saturated heterocycles. The topological polar surface area (TPSA) is 104 Å². The van der Waals surface area contributed by atoms with Crippen LogP contribution in [0.1, 0.15) is 51.9 Å². The second-order valence-corrected chi connectivity index (χ2v) is 10.6. The molecule has 2 bridgehead atoms. The lowest BCUT2D eigenvalue weighted by atomic mass is 9.62. The van der Waals surface area contributed by atoms with Gasteiger partial charge in [0.25, 0.3) is 0 Å². The van der Waals surface area contributed by atoms with Gasteiger partial charge >= 0.3 is 23.9 Å². The maximum absolute atomic E-state index is 13.8. The largest absolute Gasteiger partial charge is 0.393 e. The summed E-state index contributed by atoms with van der Waals surface area (Å²) in [5, 5.41) is 0. The summed E-state index contributed by atoms with van der Waals surface area (Å²) in [5.74, 6) is -3.09. The Bertz CT molecular complexity index is 892. The Kier molecular flexibility index (Phi) is 3.28. The maximum atomic E-state index is 13.8. The van der Waals surface area contributed by atoms with Gasteiger partial charge in [0.05, 0.1) is 23.7 Å². The predicted octanol–water partition coefficient (Wildman–Crippen LogP) is 1.81. The van der Waals surface area contributed by atoms with E-state index in [1.165, 1.54) is 0 Å². The lowest BCUT2D eigenvalue weighted by molar-refractivity contribution is -0.157. The molecule has 6 fully saturated rings. The first kappa shape index (κ1) is 17.8. The number of ketones is 1. The van der Waals surface area contributed by atoms with E-state index >= 15 is 0 Å². The van der Waals surface area contributed by atoms with Gasteiger partial charge in [-0.3, -0.25) is 24.0 Å². The lowest BCUT2D eigenvalue weighted by Crippen LogP contribution is -2.44. The summed E-state index contributed by atoms with van der Waals surface area (Å²) in [4.78, 5) is 62.2. The molecule has 9 atom stereocenters. The van der Waals surface area contributed by atoms with Gasteiger partial charge in [-0.25, -0.2) is 0 Å². The van der Waals surface area contributed by atoms with Crippen LogP contribution in [0.25, 0.3) is 0 Å². The van der Waals surface area contributed by atoms with Gasteiger partial charge in [0.15, 0.2) is 0 Å². The fourth-order valence-electron chi connectivity index (χ4n) is 8.27. The van der Waals surface area contributed by atoms with Gasteiger partial charge in [0.1, 0.15) is 5.78 Å². The summed E-state index contributed by atoms with van der Waals surface area (Å²) >= 11 is 0. The summed E-state index contributed by atoms with van der Waals surface area (Å²) in [6, 6.07) is 0. The van der Waals surface area contributed by atoms with Gasteiger partial charge in [0.2, 0.25) is 0 Å². The number of carbonyl (C=O) groups is 5. The van der Waals surface area contributed by atoms with Gasteiger partial charge in [-0.05, 0) is 62.7 Å². The number of hydrogen-bond donors (Lipinski definition) is 0. The van der Waals surface area contributed by atoms with Crippen molar-refractivity contribution in [1.82, 2.24) is 0 Å². The Hall–Kier alpha value is -2.05. The van der Waals surface area contributed by atoms with E-state index in [9.17, 15) is 24.0 Å². The number of cyclic esters (lactones) is 4. The quantitative estimate of drug-likeness (QED) is 0.514. The number of carbonyl (C=O) groups excluding carboxylic acids is 5. The van der Waals surface area contributed by atoms with Crippen molar-refractivity contribution in [2.75, 3.05) is 0 Å². The smallest absolute Gasteiger partial charge is 0.317 e. The molecule has 4 saturated carbocycles. The van der Waals surface area contributed by atoms with Crippen LogP contribution >= 0.6 is 0 Å². The van der Waals surface area contributed by atoms with Crippen LogP contribution in [0, 0.1) is 52.3 Å². The summed E-state index contributed by atoms with van der Waals surface area (Å²) in [6.45, 7) is 1.99. The van der Waals surface area contributed by atoms with Crippen LogP contribution in [-0.4, -0.2) is 29.7 Å². The van der Waals surface area contributed by atoms with Gasteiger partial charge < -0.3 is 9.47 Å². The molecular weight excluding hydrogens is 376 g/mol. The third-order valence-corrected chi connectivity index (χ3v) is 9.37. The third kappa shape index (κ3) is 2.01. The van der Waals surface area contributed by atoms with Crippen molar-refractivity contribution in [2.45, 2.75) is 51.9 Å². The molecule has 0 aromatic rings. The molecule has 0 aromatic heterocycles. The van der Waals surface area contributed by atoms with Crippen LogP contribution < -0.4 is 0 Å². The van der Waals surface area contributed by atoms with Crippen molar-refractivity contribution in [3.63, 3.8) is 0 Å². The molecule has 0 radical (unpaired) electrons. The molecule has 1 spiro atoms. The number of fused-ring (bicyclic) bond motifs is 7. The molecule has 6 rings (SSSR count). The minimum absolute atomic E-state index is 0.00703. The molecule has 2 heterocycles. The Morgan fingerprint density at radius 2 is 1.55 bits per heavy atom. The summed E-state index contributed by atoms with van der Waals surface area (Å²) in [6.07, 6.45) is 4.90.